The lowest BCUT2D eigenvalue weighted by atomic mass is 10.1. The number of halogens is 3. The molecule has 14 heavy (non-hydrogen) atoms. The van der Waals surface area contributed by atoms with Crippen molar-refractivity contribution in [3.63, 3.8) is 0 Å². The number of carbonyl (C=O) groups is 1. The Bertz CT molecular complexity index is 297. The van der Waals surface area contributed by atoms with Gasteiger partial charge < -0.3 is 11.5 Å². The van der Waals surface area contributed by atoms with E-state index < -0.39 is 0 Å². The number of rotatable bonds is 2. The third kappa shape index (κ3) is 4.05. The fourth-order valence-electron chi connectivity index (χ4n) is 0.915. The third-order valence-electron chi connectivity index (χ3n) is 1.42. The van der Waals surface area contributed by atoms with Crippen molar-refractivity contribution in [2.75, 3.05) is 17.3 Å². The fourth-order valence-corrected chi connectivity index (χ4v) is 1.07. The van der Waals surface area contributed by atoms with Gasteiger partial charge in [0.05, 0.1) is 5.88 Å². The average molecular weight is 258 g/mol. The van der Waals surface area contributed by atoms with Crippen LogP contribution in [-0.4, -0.2) is 11.7 Å². The number of benzene rings is 1. The summed E-state index contributed by atoms with van der Waals surface area (Å²) in [6.45, 7) is 0. The Morgan fingerprint density at radius 1 is 1.14 bits per heavy atom. The number of nitrogen functional groups attached to an aromatic ring is 2. The van der Waals surface area contributed by atoms with Crippen LogP contribution in [0.25, 0.3) is 0 Å². The molecule has 1 aromatic rings. The van der Waals surface area contributed by atoms with E-state index in [0.717, 1.165) is 0 Å². The second-order valence-electron chi connectivity index (χ2n) is 2.45. The lowest BCUT2D eigenvalue weighted by Crippen LogP contribution is -2.02. The molecule has 0 aromatic heterocycles. The van der Waals surface area contributed by atoms with Gasteiger partial charge in [-0.05, 0) is 18.2 Å². The monoisotopic (exact) mass is 256 g/mol. The van der Waals surface area contributed by atoms with Crippen LogP contribution in [0.2, 0.25) is 0 Å². The third-order valence-corrected chi connectivity index (χ3v) is 1.66. The predicted molar refractivity (Wildman–Crippen MR) is 64.8 cm³/mol. The van der Waals surface area contributed by atoms with E-state index >= 15 is 0 Å². The number of nitrogens with two attached hydrogens (primary N) is 2. The highest BCUT2D eigenvalue weighted by Gasteiger charge is 2.04. The molecule has 6 heteroatoms. The van der Waals surface area contributed by atoms with E-state index in [-0.39, 0.29) is 36.5 Å². The molecule has 0 saturated heterocycles. The minimum Gasteiger partial charge on any atom is -0.399 e. The molecule has 0 heterocycles. The topological polar surface area (TPSA) is 69.1 Å². The summed E-state index contributed by atoms with van der Waals surface area (Å²) in [4.78, 5) is 11.1. The molecule has 0 aliphatic heterocycles. The summed E-state index contributed by atoms with van der Waals surface area (Å²) in [5, 5.41) is 0. The highest BCUT2D eigenvalue weighted by Crippen LogP contribution is 2.14. The Kier molecular flexibility index (Phi) is 7.64. The summed E-state index contributed by atoms with van der Waals surface area (Å²) in [5.41, 5.74) is 12.4. The Morgan fingerprint density at radius 3 is 1.93 bits per heavy atom. The van der Waals surface area contributed by atoms with Gasteiger partial charge in [-0.3, -0.25) is 4.79 Å². The Morgan fingerprint density at radius 2 is 1.57 bits per heavy atom. The van der Waals surface area contributed by atoms with Crippen molar-refractivity contribution in [2.24, 2.45) is 0 Å². The Hall–Kier alpha value is -0.640. The maximum atomic E-state index is 11.1. The molecule has 1 rings (SSSR count). The zero-order chi connectivity index (χ0) is 9.14. The molecule has 0 amide bonds. The smallest absolute Gasteiger partial charge is 0.177 e. The summed E-state index contributed by atoms with van der Waals surface area (Å²) in [6.07, 6.45) is 0. The van der Waals surface area contributed by atoms with Gasteiger partial charge in [0.15, 0.2) is 5.78 Å². The highest BCUT2D eigenvalue weighted by molar-refractivity contribution is 6.30. The molecule has 0 spiro atoms. The number of carbonyl (C=O) groups excluding carboxylic acids is 1. The minimum absolute atomic E-state index is 0. The van der Waals surface area contributed by atoms with Gasteiger partial charge >= 0.3 is 0 Å². The van der Waals surface area contributed by atoms with Crippen LogP contribution in [0, 0.1) is 0 Å². The van der Waals surface area contributed by atoms with Crippen molar-refractivity contribution < 1.29 is 4.79 Å². The van der Waals surface area contributed by atoms with Gasteiger partial charge in [-0.2, -0.15) is 0 Å². The zero-order valence-corrected chi connectivity index (χ0v) is 9.59. The van der Waals surface area contributed by atoms with Crippen LogP contribution in [0.1, 0.15) is 10.4 Å². The number of alkyl halides is 1. The van der Waals surface area contributed by atoms with Crippen molar-refractivity contribution in [3.05, 3.63) is 23.8 Å². The lowest BCUT2D eigenvalue weighted by molar-refractivity contribution is 0.102. The van der Waals surface area contributed by atoms with E-state index in [2.05, 4.69) is 0 Å². The van der Waals surface area contributed by atoms with E-state index in [1.54, 1.807) is 18.2 Å². The number of hydrogen-bond acceptors (Lipinski definition) is 3. The predicted octanol–water partition coefficient (Wildman–Crippen LogP) is 2.12. The van der Waals surface area contributed by atoms with Gasteiger partial charge in [0.1, 0.15) is 0 Å². The van der Waals surface area contributed by atoms with E-state index in [0.29, 0.717) is 16.9 Å². The molecule has 0 unspecified atom stereocenters. The summed E-state index contributed by atoms with van der Waals surface area (Å²) in [5.74, 6) is -0.223. The van der Waals surface area contributed by atoms with E-state index in [9.17, 15) is 4.79 Å². The van der Waals surface area contributed by atoms with Crippen LogP contribution >= 0.6 is 36.4 Å². The maximum Gasteiger partial charge on any atom is 0.177 e. The molecule has 4 N–H and O–H groups in total. The van der Waals surface area contributed by atoms with Gasteiger partial charge in [0.25, 0.3) is 0 Å². The second-order valence-corrected chi connectivity index (χ2v) is 2.71. The molecule has 0 atom stereocenters. The van der Waals surface area contributed by atoms with Gasteiger partial charge in [0, 0.05) is 16.9 Å². The van der Waals surface area contributed by atoms with Crippen LogP contribution in [0.5, 0.6) is 0 Å². The van der Waals surface area contributed by atoms with Crippen molar-refractivity contribution in [2.45, 2.75) is 0 Å². The molecule has 0 bridgehead atoms. The van der Waals surface area contributed by atoms with Crippen LogP contribution < -0.4 is 11.5 Å². The Balaban J connectivity index is 0. The van der Waals surface area contributed by atoms with Gasteiger partial charge in [-0.1, -0.05) is 0 Å². The SMILES string of the molecule is Cl.Cl.Nc1cc(N)cc(C(=O)CCl)c1. The largest absolute Gasteiger partial charge is 0.399 e. The van der Waals surface area contributed by atoms with E-state index in [4.69, 9.17) is 23.1 Å². The number of Topliss-reactive ketones (excluding diaryl/α,β-unsaturated/α-hetero) is 1. The first-order valence-electron chi connectivity index (χ1n) is 3.38. The zero-order valence-electron chi connectivity index (χ0n) is 7.20. The van der Waals surface area contributed by atoms with Gasteiger partial charge in [0.2, 0.25) is 0 Å². The molecular weight excluding hydrogens is 246 g/mol. The summed E-state index contributed by atoms with van der Waals surface area (Å²) < 4.78 is 0. The first-order valence-corrected chi connectivity index (χ1v) is 3.92. The standard InChI is InChI=1S/C8H9ClN2O.2ClH/c9-4-8(12)5-1-6(10)3-7(11)2-5;;/h1-3H,4,10-11H2;2*1H. The van der Waals surface area contributed by atoms with Crippen molar-refractivity contribution in [3.8, 4) is 0 Å². The average Bonchev–Trinajstić information content (AvgIpc) is 2.01. The van der Waals surface area contributed by atoms with Crippen LogP contribution in [0.15, 0.2) is 18.2 Å². The molecule has 0 aliphatic rings. The lowest BCUT2D eigenvalue weighted by Gasteiger charge is -2.00. The molecule has 0 aliphatic carbocycles. The van der Waals surface area contributed by atoms with Gasteiger partial charge in [-0.15, -0.1) is 36.4 Å². The molecule has 3 nitrogen and oxygen atoms in total. The van der Waals surface area contributed by atoms with Crippen LogP contribution in [0.4, 0.5) is 11.4 Å². The molecule has 0 fully saturated rings. The summed E-state index contributed by atoms with van der Waals surface area (Å²) in [7, 11) is 0. The number of anilines is 2. The summed E-state index contributed by atoms with van der Waals surface area (Å²) in [6, 6.07) is 4.70. The van der Waals surface area contributed by atoms with E-state index in [1.165, 1.54) is 0 Å². The first kappa shape index (κ1) is 15.8. The van der Waals surface area contributed by atoms with Crippen molar-refractivity contribution in [1.29, 1.82) is 0 Å². The normalized spacial score (nSPS) is 8.36. The molecule has 80 valence electrons. The summed E-state index contributed by atoms with van der Waals surface area (Å²) >= 11 is 5.36. The first-order chi connectivity index (χ1) is 5.63. The fraction of sp³-hybridized carbons (Fsp3) is 0.125. The number of hydrogen-bond donors (Lipinski definition) is 2. The highest BCUT2D eigenvalue weighted by atomic mass is 35.5. The van der Waals surface area contributed by atoms with E-state index in [1.807, 2.05) is 0 Å². The quantitative estimate of drug-likeness (QED) is 0.484. The van der Waals surface area contributed by atoms with Crippen molar-refractivity contribution >= 4 is 53.6 Å². The number of ketones is 1. The Labute approximate surface area is 99.6 Å². The van der Waals surface area contributed by atoms with Crippen LogP contribution in [-0.2, 0) is 0 Å². The maximum absolute atomic E-state index is 11.1. The molecule has 0 saturated carbocycles. The van der Waals surface area contributed by atoms with Gasteiger partial charge in [-0.25, -0.2) is 0 Å². The molecular formula is C8H11Cl3N2O. The molecule has 1 aromatic carbocycles. The van der Waals surface area contributed by atoms with Crippen molar-refractivity contribution in [1.82, 2.24) is 0 Å². The minimum atomic E-state index is -0.171. The molecule has 0 radical (unpaired) electrons. The van der Waals surface area contributed by atoms with Crippen LogP contribution in [0.3, 0.4) is 0 Å². The second kappa shape index (κ2) is 6.76.